The third kappa shape index (κ3) is 3.21. The molecule has 0 bridgehead atoms. The molecule has 2 aromatic rings. The Morgan fingerprint density at radius 2 is 1.88 bits per heavy atom. The van der Waals surface area contributed by atoms with Gasteiger partial charge in [0.05, 0.1) is 0 Å². The van der Waals surface area contributed by atoms with Gasteiger partial charge in [-0.2, -0.15) is 0 Å². The molecule has 3 heteroatoms. The van der Waals surface area contributed by atoms with Crippen molar-refractivity contribution in [2.75, 3.05) is 11.9 Å². The molecular weight excluding hydrogens is 212 g/mol. The number of aryl methyl sites for hydroxylation is 1. The van der Waals surface area contributed by atoms with Gasteiger partial charge >= 0.3 is 0 Å². The molecule has 0 spiro atoms. The minimum Gasteiger partial charge on any atom is -0.383 e. The van der Waals surface area contributed by atoms with E-state index in [1.807, 2.05) is 18.2 Å². The predicted molar refractivity (Wildman–Crippen MR) is 70.4 cm³/mol. The van der Waals surface area contributed by atoms with Crippen LogP contribution in [0.4, 0.5) is 5.69 Å². The Kier molecular flexibility index (Phi) is 3.60. The van der Waals surface area contributed by atoms with Crippen LogP contribution in [0.5, 0.6) is 0 Å². The van der Waals surface area contributed by atoms with Crippen LogP contribution in [0.1, 0.15) is 5.56 Å². The fraction of sp³-hybridized carbons (Fsp3) is 0.214. The summed E-state index contributed by atoms with van der Waals surface area (Å²) in [5, 5.41) is 3.29. The van der Waals surface area contributed by atoms with E-state index < -0.39 is 0 Å². The summed E-state index contributed by atoms with van der Waals surface area (Å²) in [7, 11) is 0. The van der Waals surface area contributed by atoms with Crippen molar-refractivity contribution in [1.29, 1.82) is 0 Å². The normalized spacial score (nSPS) is 10.2. The van der Waals surface area contributed by atoms with Crippen LogP contribution < -0.4 is 10.9 Å². The van der Waals surface area contributed by atoms with Gasteiger partial charge in [0.2, 0.25) is 0 Å². The van der Waals surface area contributed by atoms with E-state index in [2.05, 4.69) is 24.4 Å². The van der Waals surface area contributed by atoms with Crippen molar-refractivity contribution in [3.05, 3.63) is 64.6 Å². The average molecular weight is 228 g/mol. The van der Waals surface area contributed by atoms with Gasteiger partial charge in [-0.25, -0.2) is 0 Å². The highest BCUT2D eigenvalue weighted by Gasteiger charge is 1.94. The quantitative estimate of drug-likeness (QED) is 0.871. The maximum Gasteiger partial charge on any atom is 0.250 e. The Bertz CT molecular complexity index is 528. The maximum absolute atomic E-state index is 11.4. The Hall–Kier alpha value is -2.03. The lowest BCUT2D eigenvalue weighted by Crippen LogP contribution is -2.21. The van der Waals surface area contributed by atoms with Crippen molar-refractivity contribution >= 4 is 5.69 Å². The molecule has 0 radical (unpaired) electrons. The molecule has 1 aromatic carbocycles. The number of hydrogen-bond acceptors (Lipinski definition) is 2. The van der Waals surface area contributed by atoms with Crippen LogP contribution in [0.15, 0.2) is 53.5 Å². The van der Waals surface area contributed by atoms with Crippen molar-refractivity contribution in [3.8, 4) is 0 Å². The first-order valence-electron chi connectivity index (χ1n) is 5.72. The highest BCUT2D eigenvalue weighted by molar-refractivity contribution is 5.44. The van der Waals surface area contributed by atoms with Crippen LogP contribution >= 0.6 is 0 Å². The molecule has 0 unspecified atom stereocenters. The van der Waals surface area contributed by atoms with Crippen LogP contribution in [0.3, 0.4) is 0 Å². The van der Waals surface area contributed by atoms with Gasteiger partial charge in [0.15, 0.2) is 0 Å². The second kappa shape index (κ2) is 5.34. The zero-order valence-corrected chi connectivity index (χ0v) is 9.89. The minimum atomic E-state index is 0.0400. The lowest BCUT2D eigenvalue weighted by atomic mass is 10.2. The van der Waals surface area contributed by atoms with Gasteiger partial charge in [0.1, 0.15) is 0 Å². The van der Waals surface area contributed by atoms with Crippen LogP contribution in [-0.2, 0) is 6.54 Å². The van der Waals surface area contributed by atoms with Gasteiger partial charge in [-0.1, -0.05) is 23.8 Å². The van der Waals surface area contributed by atoms with Gasteiger partial charge in [-0.15, -0.1) is 0 Å². The number of aromatic nitrogens is 1. The molecule has 0 saturated heterocycles. The number of nitrogens with one attached hydrogen (secondary N) is 1. The molecule has 0 amide bonds. The molecule has 0 aliphatic carbocycles. The molecule has 17 heavy (non-hydrogen) atoms. The van der Waals surface area contributed by atoms with Gasteiger partial charge in [0.25, 0.3) is 5.56 Å². The van der Waals surface area contributed by atoms with Crippen LogP contribution in [-0.4, -0.2) is 11.1 Å². The average Bonchev–Trinajstić information content (AvgIpc) is 2.34. The summed E-state index contributed by atoms with van der Waals surface area (Å²) in [5.41, 5.74) is 2.37. The Labute approximate surface area is 101 Å². The molecule has 0 fully saturated rings. The number of rotatable bonds is 4. The molecule has 0 saturated carbocycles. The van der Waals surface area contributed by atoms with E-state index in [9.17, 15) is 4.79 Å². The molecule has 1 heterocycles. The first-order valence-corrected chi connectivity index (χ1v) is 5.72. The third-order valence-electron chi connectivity index (χ3n) is 2.63. The van der Waals surface area contributed by atoms with E-state index in [0.29, 0.717) is 6.54 Å². The van der Waals surface area contributed by atoms with Crippen molar-refractivity contribution < 1.29 is 0 Å². The Balaban J connectivity index is 1.90. The first kappa shape index (κ1) is 11.5. The monoisotopic (exact) mass is 228 g/mol. The molecule has 1 N–H and O–H groups in total. The number of anilines is 1. The van der Waals surface area contributed by atoms with Gasteiger partial charge < -0.3 is 9.88 Å². The number of pyridine rings is 1. The van der Waals surface area contributed by atoms with Crippen LogP contribution in [0, 0.1) is 6.92 Å². The Morgan fingerprint density at radius 1 is 1.12 bits per heavy atom. The number of hydrogen-bond donors (Lipinski definition) is 1. The lowest BCUT2D eigenvalue weighted by Gasteiger charge is -2.08. The zero-order valence-electron chi connectivity index (χ0n) is 9.89. The molecule has 1 aromatic heterocycles. The summed E-state index contributed by atoms with van der Waals surface area (Å²) in [4.78, 5) is 11.4. The van der Waals surface area contributed by atoms with Crippen LogP contribution in [0.25, 0.3) is 0 Å². The summed E-state index contributed by atoms with van der Waals surface area (Å²) in [6.45, 7) is 3.48. The van der Waals surface area contributed by atoms with E-state index in [1.54, 1.807) is 22.9 Å². The van der Waals surface area contributed by atoms with E-state index in [-0.39, 0.29) is 5.56 Å². The van der Waals surface area contributed by atoms with Crippen molar-refractivity contribution in [2.24, 2.45) is 0 Å². The van der Waals surface area contributed by atoms with Gasteiger partial charge in [-0.05, 0) is 25.1 Å². The summed E-state index contributed by atoms with van der Waals surface area (Å²) in [5.74, 6) is 0. The second-order valence-corrected chi connectivity index (χ2v) is 4.03. The van der Waals surface area contributed by atoms with E-state index in [0.717, 1.165) is 12.2 Å². The Morgan fingerprint density at radius 3 is 2.59 bits per heavy atom. The molecule has 3 nitrogen and oxygen atoms in total. The van der Waals surface area contributed by atoms with Gasteiger partial charge in [0, 0.05) is 31.0 Å². The second-order valence-electron chi connectivity index (χ2n) is 4.03. The summed E-state index contributed by atoms with van der Waals surface area (Å²) in [6.07, 6.45) is 1.80. The molecule has 0 atom stereocenters. The molecule has 0 aliphatic heterocycles. The summed E-state index contributed by atoms with van der Waals surface area (Å²) in [6, 6.07) is 13.4. The minimum absolute atomic E-state index is 0.0400. The van der Waals surface area contributed by atoms with Crippen molar-refractivity contribution in [1.82, 2.24) is 4.57 Å². The molecular formula is C14H16N2O. The predicted octanol–water partition coefficient (Wildman–Crippen LogP) is 2.27. The topological polar surface area (TPSA) is 34.0 Å². The van der Waals surface area contributed by atoms with E-state index in [1.165, 1.54) is 5.56 Å². The standard InChI is InChI=1S/C14H16N2O/c1-12-5-7-13(8-6-12)15-9-11-16-10-3-2-4-14(16)17/h2-8,10,15H,9,11H2,1H3. The molecule has 2 rings (SSSR count). The largest absolute Gasteiger partial charge is 0.383 e. The zero-order chi connectivity index (χ0) is 12.1. The summed E-state index contributed by atoms with van der Waals surface area (Å²) >= 11 is 0. The first-order chi connectivity index (χ1) is 8.25. The smallest absolute Gasteiger partial charge is 0.250 e. The maximum atomic E-state index is 11.4. The van der Waals surface area contributed by atoms with E-state index in [4.69, 9.17) is 0 Å². The third-order valence-corrected chi connectivity index (χ3v) is 2.63. The number of benzene rings is 1. The van der Waals surface area contributed by atoms with E-state index >= 15 is 0 Å². The fourth-order valence-electron chi connectivity index (χ4n) is 1.64. The molecule has 0 aliphatic rings. The lowest BCUT2D eigenvalue weighted by molar-refractivity contribution is 0.697. The SMILES string of the molecule is Cc1ccc(NCCn2ccccc2=O)cc1. The van der Waals surface area contributed by atoms with Crippen LogP contribution in [0.2, 0.25) is 0 Å². The highest BCUT2D eigenvalue weighted by Crippen LogP contribution is 2.07. The van der Waals surface area contributed by atoms with Crippen molar-refractivity contribution in [2.45, 2.75) is 13.5 Å². The molecule has 88 valence electrons. The fourth-order valence-corrected chi connectivity index (χ4v) is 1.64. The number of nitrogens with zero attached hydrogens (tertiary/aromatic N) is 1. The van der Waals surface area contributed by atoms with Gasteiger partial charge in [-0.3, -0.25) is 4.79 Å². The summed E-state index contributed by atoms with van der Waals surface area (Å²) < 4.78 is 1.70. The van der Waals surface area contributed by atoms with Crippen molar-refractivity contribution in [3.63, 3.8) is 0 Å². The highest BCUT2D eigenvalue weighted by atomic mass is 16.1.